The number of aliphatic hydroxyl groups excluding tert-OH is 1. The van der Waals surface area contributed by atoms with Gasteiger partial charge in [-0.2, -0.15) is 5.10 Å². The molecule has 2 unspecified atom stereocenters. The molecule has 2 atom stereocenters. The third-order valence-electron chi connectivity index (χ3n) is 2.54. The van der Waals surface area contributed by atoms with Crippen molar-refractivity contribution in [3.63, 3.8) is 0 Å². The topological polar surface area (TPSA) is 93.2 Å². The minimum Gasteiger partial charge on any atom is -0.390 e. The lowest BCUT2D eigenvalue weighted by Gasteiger charge is -2.15. The maximum Gasteiger partial charge on any atom is 0.306 e. The summed E-state index contributed by atoms with van der Waals surface area (Å²) >= 11 is 0. The molecule has 0 fully saturated rings. The molecule has 0 saturated heterocycles. The molecule has 0 aromatic carbocycles. The van der Waals surface area contributed by atoms with Gasteiger partial charge in [-0.3, -0.25) is 14.8 Å². The van der Waals surface area contributed by atoms with Gasteiger partial charge in [-0.05, 0) is 13.3 Å². The molecule has 1 heterocycles. The van der Waals surface area contributed by atoms with Gasteiger partial charge >= 0.3 is 5.69 Å². The molecule has 7 nitrogen and oxygen atoms in total. The van der Waals surface area contributed by atoms with Crippen LogP contribution in [0.1, 0.15) is 20.3 Å². The maximum absolute atomic E-state index is 10.4. The maximum atomic E-state index is 10.4. The molecule has 0 aliphatic rings. The van der Waals surface area contributed by atoms with Crippen LogP contribution in [0.25, 0.3) is 0 Å². The standard InChI is InChI=1S/C10H18N4O3/c1-3-8(2)11-5-10(15)7-13-6-9(4-12-13)14(16)17/h4,6,8,10-11,15H,3,5,7H2,1-2H3. The van der Waals surface area contributed by atoms with Gasteiger partial charge in [-0.1, -0.05) is 6.92 Å². The third kappa shape index (κ3) is 4.49. The van der Waals surface area contributed by atoms with Crippen LogP contribution in [0, 0.1) is 10.1 Å². The smallest absolute Gasteiger partial charge is 0.306 e. The van der Waals surface area contributed by atoms with E-state index >= 15 is 0 Å². The number of aliphatic hydroxyl groups is 1. The Morgan fingerprint density at radius 3 is 2.94 bits per heavy atom. The molecular formula is C10H18N4O3. The number of nitro groups is 1. The Kier molecular flexibility index (Phi) is 5.05. The molecule has 0 aliphatic carbocycles. The quantitative estimate of drug-likeness (QED) is 0.537. The van der Waals surface area contributed by atoms with E-state index in [0.29, 0.717) is 12.6 Å². The average molecular weight is 242 g/mol. The highest BCUT2D eigenvalue weighted by Crippen LogP contribution is 2.07. The number of nitrogens with one attached hydrogen (secondary N) is 1. The van der Waals surface area contributed by atoms with Gasteiger partial charge in [-0.25, -0.2) is 0 Å². The molecular weight excluding hydrogens is 224 g/mol. The fourth-order valence-electron chi connectivity index (χ4n) is 1.31. The van der Waals surface area contributed by atoms with Crippen molar-refractivity contribution in [1.82, 2.24) is 15.1 Å². The Labute approximate surface area is 99.6 Å². The van der Waals surface area contributed by atoms with E-state index in [1.807, 2.05) is 6.92 Å². The van der Waals surface area contributed by atoms with Crippen LogP contribution in [0.15, 0.2) is 12.4 Å². The van der Waals surface area contributed by atoms with Crippen LogP contribution in [0.3, 0.4) is 0 Å². The zero-order valence-electron chi connectivity index (χ0n) is 10.0. The minimum atomic E-state index is -0.608. The molecule has 1 rings (SSSR count). The van der Waals surface area contributed by atoms with Gasteiger partial charge < -0.3 is 10.4 Å². The largest absolute Gasteiger partial charge is 0.390 e. The second-order valence-electron chi connectivity index (χ2n) is 4.05. The van der Waals surface area contributed by atoms with E-state index in [9.17, 15) is 15.2 Å². The fourth-order valence-corrected chi connectivity index (χ4v) is 1.31. The summed E-state index contributed by atoms with van der Waals surface area (Å²) in [6, 6.07) is 0.344. The van der Waals surface area contributed by atoms with Crippen LogP contribution in [0.4, 0.5) is 5.69 Å². The van der Waals surface area contributed by atoms with Crippen molar-refractivity contribution in [2.75, 3.05) is 6.54 Å². The zero-order valence-corrected chi connectivity index (χ0v) is 10.0. The lowest BCUT2D eigenvalue weighted by molar-refractivity contribution is -0.385. The van der Waals surface area contributed by atoms with E-state index in [4.69, 9.17) is 0 Å². The number of hydrogen-bond acceptors (Lipinski definition) is 5. The molecule has 1 aromatic heterocycles. The molecule has 0 spiro atoms. The van der Waals surface area contributed by atoms with Gasteiger partial charge in [0.25, 0.3) is 0 Å². The van der Waals surface area contributed by atoms with Crippen LogP contribution in [-0.2, 0) is 6.54 Å². The summed E-state index contributed by atoms with van der Waals surface area (Å²) in [6.07, 6.45) is 2.87. The van der Waals surface area contributed by atoms with E-state index in [0.717, 1.165) is 6.42 Å². The average Bonchev–Trinajstić information content (AvgIpc) is 2.74. The highest BCUT2D eigenvalue weighted by molar-refractivity contribution is 5.20. The summed E-state index contributed by atoms with van der Waals surface area (Å²) < 4.78 is 1.38. The normalized spacial score (nSPS) is 14.5. The van der Waals surface area contributed by atoms with E-state index in [1.54, 1.807) is 0 Å². The Bertz CT molecular complexity index is 366. The predicted molar refractivity (Wildman–Crippen MR) is 62.6 cm³/mol. The first-order valence-corrected chi connectivity index (χ1v) is 5.61. The van der Waals surface area contributed by atoms with Crippen LogP contribution in [0.2, 0.25) is 0 Å². The van der Waals surface area contributed by atoms with Crippen molar-refractivity contribution < 1.29 is 10.0 Å². The minimum absolute atomic E-state index is 0.0629. The number of rotatable bonds is 7. The first-order chi connectivity index (χ1) is 8.02. The number of hydrogen-bond donors (Lipinski definition) is 2. The van der Waals surface area contributed by atoms with Gasteiger partial charge in [0, 0.05) is 12.6 Å². The van der Waals surface area contributed by atoms with Crippen LogP contribution in [-0.4, -0.2) is 38.5 Å². The van der Waals surface area contributed by atoms with Crippen molar-refractivity contribution >= 4 is 5.69 Å². The summed E-state index contributed by atoms with van der Waals surface area (Å²) in [7, 11) is 0. The first kappa shape index (κ1) is 13.6. The highest BCUT2D eigenvalue weighted by Gasteiger charge is 2.12. The van der Waals surface area contributed by atoms with Gasteiger partial charge in [0.15, 0.2) is 0 Å². The molecule has 96 valence electrons. The Hall–Kier alpha value is -1.47. The lowest BCUT2D eigenvalue weighted by Crippen LogP contribution is -2.35. The molecule has 17 heavy (non-hydrogen) atoms. The lowest BCUT2D eigenvalue weighted by atomic mass is 10.2. The zero-order chi connectivity index (χ0) is 12.8. The Morgan fingerprint density at radius 1 is 1.71 bits per heavy atom. The molecule has 0 radical (unpaired) electrons. The van der Waals surface area contributed by atoms with E-state index in [1.165, 1.54) is 17.1 Å². The van der Waals surface area contributed by atoms with Crippen molar-refractivity contribution in [3.05, 3.63) is 22.5 Å². The van der Waals surface area contributed by atoms with Gasteiger partial charge in [0.2, 0.25) is 0 Å². The summed E-state index contributed by atoms with van der Waals surface area (Å²) in [5, 5.41) is 27.1. The Morgan fingerprint density at radius 2 is 2.41 bits per heavy atom. The van der Waals surface area contributed by atoms with Crippen LogP contribution in [0.5, 0.6) is 0 Å². The molecule has 7 heteroatoms. The predicted octanol–water partition coefficient (Wildman–Crippen LogP) is 0.540. The van der Waals surface area contributed by atoms with Crippen molar-refractivity contribution in [1.29, 1.82) is 0 Å². The number of nitrogens with zero attached hydrogens (tertiary/aromatic N) is 3. The summed E-state index contributed by atoms with van der Waals surface area (Å²) in [5.41, 5.74) is -0.0629. The van der Waals surface area contributed by atoms with Gasteiger partial charge in [-0.15, -0.1) is 0 Å². The van der Waals surface area contributed by atoms with Gasteiger partial charge in [0.1, 0.15) is 12.4 Å². The van der Waals surface area contributed by atoms with Gasteiger partial charge in [0.05, 0.1) is 17.6 Å². The molecule has 0 aliphatic heterocycles. The summed E-state index contributed by atoms with van der Waals surface area (Å²) in [6.45, 7) is 4.78. The molecule has 0 amide bonds. The van der Waals surface area contributed by atoms with Crippen molar-refractivity contribution in [3.8, 4) is 0 Å². The van der Waals surface area contributed by atoms with E-state index in [2.05, 4.69) is 17.3 Å². The molecule has 0 saturated carbocycles. The van der Waals surface area contributed by atoms with Crippen LogP contribution < -0.4 is 5.32 Å². The van der Waals surface area contributed by atoms with Crippen LogP contribution >= 0.6 is 0 Å². The van der Waals surface area contributed by atoms with E-state index in [-0.39, 0.29) is 12.2 Å². The molecule has 1 aromatic rings. The summed E-state index contributed by atoms with van der Waals surface area (Å²) in [5.74, 6) is 0. The number of aromatic nitrogens is 2. The first-order valence-electron chi connectivity index (χ1n) is 5.61. The highest BCUT2D eigenvalue weighted by atomic mass is 16.6. The Balaban J connectivity index is 2.39. The molecule has 2 N–H and O–H groups in total. The fraction of sp³-hybridized carbons (Fsp3) is 0.700. The monoisotopic (exact) mass is 242 g/mol. The van der Waals surface area contributed by atoms with Crippen molar-refractivity contribution in [2.45, 2.75) is 39.0 Å². The second-order valence-corrected chi connectivity index (χ2v) is 4.05. The van der Waals surface area contributed by atoms with E-state index < -0.39 is 11.0 Å². The molecule has 0 bridgehead atoms. The second kappa shape index (κ2) is 6.31. The van der Waals surface area contributed by atoms with Crippen molar-refractivity contribution in [2.24, 2.45) is 0 Å². The third-order valence-corrected chi connectivity index (χ3v) is 2.54. The summed E-state index contributed by atoms with van der Waals surface area (Å²) in [4.78, 5) is 9.92. The SMILES string of the molecule is CCC(C)NCC(O)Cn1cc([N+](=O)[O-])cn1.